The van der Waals surface area contributed by atoms with E-state index in [-0.39, 0.29) is 10.6 Å². The minimum Gasteiger partial charge on any atom is -0.505 e. The highest BCUT2D eigenvalue weighted by atomic mass is 35.5. The molecule has 0 saturated carbocycles. The molecule has 1 aromatic rings. The summed E-state index contributed by atoms with van der Waals surface area (Å²) in [6.07, 6.45) is 0. The minimum atomic E-state index is -1.33. The van der Waals surface area contributed by atoms with Crippen LogP contribution in [0.2, 0.25) is 5.02 Å². The molecule has 0 unspecified atom stereocenters. The standard InChI is InChI=1S/C7H4ClFO3/c8-4-2-6(10)5(9)1-3(4)7(11)12/h1-2,10H,(H,11,12). The summed E-state index contributed by atoms with van der Waals surface area (Å²) in [6.45, 7) is 0. The van der Waals surface area contributed by atoms with Crippen molar-refractivity contribution in [2.45, 2.75) is 0 Å². The van der Waals surface area contributed by atoms with E-state index in [4.69, 9.17) is 21.8 Å². The van der Waals surface area contributed by atoms with Gasteiger partial charge in [0.25, 0.3) is 0 Å². The van der Waals surface area contributed by atoms with E-state index in [2.05, 4.69) is 0 Å². The third-order valence-corrected chi connectivity index (χ3v) is 1.58. The van der Waals surface area contributed by atoms with Gasteiger partial charge in [0.1, 0.15) is 0 Å². The van der Waals surface area contributed by atoms with Gasteiger partial charge in [-0.05, 0) is 6.07 Å². The van der Waals surface area contributed by atoms with Gasteiger partial charge in [0.2, 0.25) is 0 Å². The van der Waals surface area contributed by atoms with Gasteiger partial charge in [0, 0.05) is 6.07 Å². The van der Waals surface area contributed by atoms with E-state index in [1.54, 1.807) is 0 Å². The van der Waals surface area contributed by atoms with Gasteiger partial charge in [-0.2, -0.15) is 0 Å². The zero-order valence-electron chi connectivity index (χ0n) is 5.71. The van der Waals surface area contributed by atoms with Gasteiger partial charge in [-0.25, -0.2) is 9.18 Å². The minimum absolute atomic E-state index is 0.193. The Balaban J connectivity index is 3.33. The molecule has 0 aromatic heterocycles. The number of aromatic carboxylic acids is 1. The normalized spacial score (nSPS) is 9.83. The summed E-state index contributed by atoms with van der Waals surface area (Å²) in [4.78, 5) is 10.4. The Morgan fingerprint density at radius 1 is 1.50 bits per heavy atom. The van der Waals surface area contributed by atoms with E-state index < -0.39 is 17.5 Å². The molecule has 2 N–H and O–H groups in total. The molecule has 1 aromatic carbocycles. The molecule has 3 nitrogen and oxygen atoms in total. The lowest BCUT2D eigenvalue weighted by molar-refractivity contribution is 0.0696. The molecule has 12 heavy (non-hydrogen) atoms. The smallest absolute Gasteiger partial charge is 0.337 e. The number of carboxylic acid groups (broad SMARTS) is 1. The van der Waals surface area contributed by atoms with Gasteiger partial charge in [-0.3, -0.25) is 0 Å². The Bertz CT molecular complexity index is 338. The molecule has 5 heteroatoms. The van der Waals surface area contributed by atoms with Crippen LogP contribution in [0.15, 0.2) is 12.1 Å². The van der Waals surface area contributed by atoms with Crippen molar-refractivity contribution in [2.24, 2.45) is 0 Å². The van der Waals surface area contributed by atoms with Crippen molar-refractivity contribution in [3.05, 3.63) is 28.5 Å². The number of phenols is 1. The fourth-order valence-electron chi connectivity index (χ4n) is 0.700. The number of hydrogen-bond donors (Lipinski definition) is 2. The Kier molecular flexibility index (Phi) is 2.19. The summed E-state index contributed by atoms with van der Waals surface area (Å²) >= 11 is 5.39. The van der Waals surface area contributed by atoms with Crippen molar-refractivity contribution in [1.29, 1.82) is 0 Å². The number of benzene rings is 1. The SMILES string of the molecule is O=C(O)c1cc(F)c(O)cc1Cl. The number of carboxylic acids is 1. The molecule has 0 aliphatic carbocycles. The van der Waals surface area contributed by atoms with Crippen LogP contribution in [0.25, 0.3) is 0 Å². The summed E-state index contributed by atoms with van der Waals surface area (Å²) < 4.78 is 12.5. The first kappa shape index (κ1) is 8.80. The van der Waals surface area contributed by atoms with Crippen molar-refractivity contribution in [3.8, 4) is 5.75 Å². The van der Waals surface area contributed by atoms with Crippen LogP contribution in [0, 0.1) is 5.82 Å². The number of hydrogen-bond acceptors (Lipinski definition) is 2. The molecule has 0 bridgehead atoms. The maximum absolute atomic E-state index is 12.5. The molecule has 0 aliphatic rings. The largest absolute Gasteiger partial charge is 0.505 e. The molecular formula is C7H4ClFO3. The van der Waals surface area contributed by atoms with Crippen LogP contribution in [0.1, 0.15) is 10.4 Å². The van der Waals surface area contributed by atoms with Gasteiger partial charge in [0.15, 0.2) is 11.6 Å². The summed E-state index contributed by atoms with van der Waals surface area (Å²) in [5, 5.41) is 17.0. The lowest BCUT2D eigenvalue weighted by atomic mass is 10.2. The predicted octanol–water partition coefficient (Wildman–Crippen LogP) is 1.88. The van der Waals surface area contributed by atoms with Crippen LogP contribution in [0.3, 0.4) is 0 Å². The maximum atomic E-state index is 12.5. The molecule has 1 rings (SSSR count). The Morgan fingerprint density at radius 2 is 2.08 bits per heavy atom. The van der Waals surface area contributed by atoms with Crippen LogP contribution in [-0.2, 0) is 0 Å². The summed E-state index contributed by atoms with van der Waals surface area (Å²) in [6, 6.07) is 1.51. The Hall–Kier alpha value is -1.29. The number of phenolic OH excluding ortho intramolecular Hbond substituents is 1. The quantitative estimate of drug-likeness (QED) is 0.711. The van der Waals surface area contributed by atoms with Crippen LogP contribution < -0.4 is 0 Å². The lowest BCUT2D eigenvalue weighted by Gasteiger charge is -1.99. The number of aromatic hydroxyl groups is 1. The van der Waals surface area contributed by atoms with Gasteiger partial charge in [-0.1, -0.05) is 11.6 Å². The molecule has 0 fully saturated rings. The number of rotatable bonds is 1. The first-order chi connectivity index (χ1) is 5.52. The number of carbonyl (C=O) groups is 1. The predicted molar refractivity (Wildman–Crippen MR) is 40.0 cm³/mol. The van der Waals surface area contributed by atoms with Crippen molar-refractivity contribution in [2.75, 3.05) is 0 Å². The first-order valence-electron chi connectivity index (χ1n) is 2.93. The molecular weight excluding hydrogens is 187 g/mol. The highest BCUT2D eigenvalue weighted by Crippen LogP contribution is 2.24. The van der Waals surface area contributed by atoms with Crippen LogP contribution >= 0.6 is 11.6 Å². The van der Waals surface area contributed by atoms with Crippen molar-refractivity contribution < 1.29 is 19.4 Å². The average molecular weight is 191 g/mol. The van der Waals surface area contributed by atoms with Crippen LogP contribution in [0.5, 0.6) is 5.75 Å². The maximum Gasteiger partial charge on any atom is 0.337 e. The first-order valence-corrected chi connectivity index (χ1v) is 3.31. The van der Waals surface area contributed by atoms with Crippen LogP contribution in [-0.4, -0.2) is 16.2 Å². The third-order valence-electron chi connectivity index (χ3n) is 1.27. The zero-order chi connectivity index (χ0) is 9.30. The second-order valence-electron chi connectivity index (χ2n) is 2.09. The second-order valence-corrected chi connectivity index (χ2v) is 2.50. The molecule has 0 spiro atoms. The summed E-state index contributed by atoms with van der Waals surface area (Å²) in [5.41, 5.74) is -0.369. The highest BCUT2D eigenvalue weighted by molar-refractivity contribution is 6.33. The van der Waals surface area contributed by atoms with Gasteiger partial charge in [-0.15, -0.1) is 0 Å². The van der Waals surface area contributed by atoms with Crippen molar-refractivity contribution in [1.82, 2.24) is 0 Å². The Morgan fingerprint density at radius 3 is 2.58 bits per heavy atom. The summed E-state index contributed by atoms with van der Waals surface area (Å²) in [7, 11) is 0. The highest BCUT2D eigenvalue weighted by Gasteiger charge is 2.12. The van der Waals surface area contributed by atoms with Crippen LogP contribution in [0.4, 0.5) is 4.39 Å². The lowest BCUT2D eigenvalue weighted by Crippen LogP contribution is -1.98. The second kappa shape index (κ2) is 2.98. The molecule has 0 saturated heterocycles. The van der Waals surface area contributed by atoms with E-state index in [0.717, 1.165) is 6.07 Å². The van der Waals surface area contributed by atoms with Gasteiger partial charge >= 0.3 is 5.97 Å². The molecule has 0 radical (unpaired) electrons. The van der Waals surface area contributed by atoms with Crippen molar-refractivity contribution in [3.63, 3.8) is 0 Å². The molecule has 0 aliphatic heterocycles. The molecule has 0 heterocycles. The van der Waals surface area contributed by atoms with Gasteiger partial charge in [0.05, 0.1) is 10.6 Å². The van der Waals surface area contributed by atoms with E-state index in [1.165, 1.54) is 0 Å². The number of halogens is 2. The fraction of sp³-hybridized carbons (Fsp3) is 0. The molecule has 64 valence electrons. The fourth-order valence-corrected chi connectivity index (χ4v) is 0.939. The monoisotopic (exact) mass is 190 g/mol. The Labute approximate surface area is 72.0 Å². The van der Waals surface area contributed by atoms with E-state index in [1.807, 2.05) is 0 Å². The topological polar surface area (TPSA) is 57.5 Å². The van der Waals surface area contributed by atoms with E-state index >= 15 is 0 Å². The van der Waals surface area contributed by atoms with E-state index in [9.17, 15) is 9.18 Å². The van der Waals surface area contributed by atoms with Crippen molar-refractivity contribution >= 4 is 17.6 Å². The molecule has 0 atom stereocenters. The molecule has 0 amide bonds. The average Bonchev–Trinajstić information content (AvgIpc) is 1.96. The van der Waals surface area contributed by atoms with E-state index in [0.29, 0.717) is 6.07 Å². The zero-order valence-corrected chi connectivity index (χ0v) is 6.47. The van der Waals surface area contributed by atoms with Gasteiger partial charge < -0.3 is 10.2 Å². The third kappa shape index (κ3) is 1.48. The summed E-state index contributed by atoms with van der Waals surface area (Å²) in [5.74, 6) is -3.00.